The van der Waals surface area contributed by atoms with Crippen molar-refractivity contribution < 1.29 is 1.43 Å². The van der Waals surface area contributed by atoms with Crippen LogP contribution in [0.5, 0.6) is 0 Å². The zero-order valence-corrected chi connectivity index (χ0v) is 21.3. The van der Waals surface area contributed by atoms with Gasteiger partial charge in [-0.3, -0.25) is 0 Å². The Labute approximate surface area is 198 Å². The largest absolute Gasteiger partial charge is 0.354 e. The molecule has 0 atom stereocenters. The van der Waals surface area contributed by atoms with Crippen LogP contribution in [-0.4, -0.2) is 0 Å². The number of hydrogen-bond donors (Lipinski definition) is 1. The number of para-hydroxylation sites is 2. The summed E-state index contributed by atoms with van der Waals surface area (Å²) in [7, 11) is 0. The molecule has 0 aliphatic carbocycles. The summed E-state index contributed by atoms with van der Waals surface area (Å²) < 4.78 is 0. The van der Waals surface area contributed by atoms with Crippen LogP contribution < -0.4 is 5.32 Å². The van der Waals surface area contributed by atoms with Crippen molar-refractivity contribution in [3.05, 3.63) is 48.5 Å². The summed E-state index contributed by atoms with van der Waals surface area (Å²) in [6.07, 6.45) is 17.1. The standard InChI is InChI=1S/C17H36.C12H9NS.H2/c1-5-7-9-11-12-14-16-17(3,4)15-13-10-8-6-2;1-3-7-11-9(5-1)13-10-6-2-4-8-12(10)14-11;/h5-16H2,1-4H3;1-8,13H;1H. The molecule has 2 aromatic rings. The highest BCUT2D eigenvalue weighted by molar-refractivity contribution is 7.99. The van der Waals surface area contributed by atoms with Crippen molar-refractivity contribution in [2.24, 2.45) is 5.41 Å². The van der Waals surface area contributed by atoms with Crippen LogP contribution in [0.2, 0.25) is 0 Å². The van der Waals surface area contributed by atoms with E-state index >= 15 is 0 Å². The van der Waals surface area contributed by atoms with Crippen LogP contribution in [0.4, 0.5) is 11.4 Å². The van der Waals surface area contributed by atoms with Crippen LogP contribution in [0.25, 0.3) is 0 Å². The third kappa shape index (κ3) is 10.2. The summed E-state index contributed by atoms with van der Waals surface area (Å²) in [5, 5.41) is 3.42. The first kappa shape index (κ1) is 25.8. The number of nitrogens with one attached hydrogen (secondary N) is 1. The van der Waals surface area contributed by atoms with E-state index in [0.29, 0.717) is 5.41 Å². The highest BCUT2D eigenvalue weighted by Crippen LogP contribution is 2.43. The van der Waals surface area contributed by atoms with Gasteiger partial charge in [0.2, 0.25) is 0 Å². The third-order valence-corrected chi connectivity index (χ3v) is 7.33. The third-order valence-electron chi connectivity index (χ3n) is 6.18. The summed E-state index contributed by atoms with van der Waals surface area (Å²) in [5.41, 5.74) is 3.01. The maximum Gasteiger partial charge on any atom is 0.0526 e. The molecule has 0 saturated heterocycles. The van der Waals surface area contributed by atoms with Gasteiger partial charge in [0.05, 0.1) is 11.4 Å². The minimum absolute atomic E-state index is 0. The normalized spacial score (nSPS) is 12.3. The quantitative estimate of drug-likeness (QED) is 0.280. The molecule has 1 heterocycles. The number of unbranched alkanes of at least 4 members (excludes halogenated alkanes) is 8. The molecule has 0 aromatic heterocycles. The molecule has 1 aliphatic heterocycles. The van der Waals surface area contributed by atoms with Gasteiger partial charge in [0, 0.05) is 11.2 Å². The first-order chi connectivity index (χ1) is 15.1. The van der Waals surface area contributed by atoms with Gasteiger partial charge in [0.25, 0.3) is 0 Å². The molecule has 0 fully saturated rings. The average Bonchev–Trinajstić information content (AvgIpc) is 2.78. The van der Waals surface area contributed by atoms with Crippen LogP contribution in [0.3, 0.4) is 0 Å². The maximum absolute atomic E-state index is 3.42. The summed E-state index contributed by atoms with van der Waals surface area (Å²) in [6.45, 7) is 9.51. The fourth-order valence-corrected chi connectivity index (χ4v) is 5.11. The zero-order valence-electron chi connectivity index (χ0n) is 20.5. The smallest absolute Gasteiger partial charge is 0.0526 e. The Morgan fingerprint density at radius 3 is 1.58 bits per heavy atom. The van der Waals surface area contributed by atoms with Crippen LogP contribution in [0.1, 0.15) is 106 Å². The molecular weight excluding hydrogens is 394 g/mol. The van der Waals surface area contributed by atoms with Gasteiger partial charge in [-0.15, -0.1) is 0 Å². The van der Waals surface area contributed by atoms with E-state index in [9.17, 15) is 0 Å². The summed E-state index contributed by atoms with van der Waals surface area (Å²) in [4.78, 5) is 2.59. The fraction of sp³-hybridized carbons (Fsp3) is 0.586. The molecule has 2 aromatic carbocycles. The van der Waals surface area contributed by atoms with Crippen LogP contribution in [0, 0.1) is 5.41 Å². The second kappa shape index (κ2) is 14.6. The molecule has 0 saturated carbocycles. The molecule has 0 unspecified atom stereocenters. The highest BCUT2D eigenvalue weighted by atomic mass is 32.2. The molecule has 0 spiro atoms. The molecule has 0 radical (unpaired) electrons. The van der Waals surface area contributed by atoms with Gasteiger partial charge in [-0.1, -0.05) is 128 Å². The Balaban J connectivity index is 0.000000313. The number of hydrogen-bond acceptors (Lipinski definition) is 2. The molecule has 2 heteroatoms. The van der Waals surface area contributed by atoms with Gasteiger partial charge in [0.15, 0.2) is 0 Å². The summed E-state index contributed by atoms with van der Waals surface area (Å²) >= 11 is 1.82. The van der Waals surface area contributed by atoms with Crippen LogP contribution >= 0.6 is 11.8 Å². The van der Waals surface area contributed by atoms with Crippen molar-refractivity contribution >= 4 is 23.1 Å². The molecule has 1 aliphatic rings. The van der Waals surface area contributed by atoms with Gasteiger partial charge >= 0.3 is 0 Å². The van der Waals surface area contributed by atoms with Crippen molar-refractivity contribution in [2.45, 2.75) is 115 Å². The second-order valence-corrected chi connectivity index (χ2v) is 10.8. The van der Waals surface area contributed by atoms with Crippen molar-refractivity contribution in [2.75, 3.05) is 5.32 Å². The lowest BCUT2D eigenvalue weighted by atomic mass is 9.82. The molecule has 174 valence electrons. The Hall–Kier alpha value is -1.41. The second-order valence-electron chi connectivity index (χ2n) is 9.71. The van der Waals surface area contributed by atoms with E-state index in [0.717, 1.165) is 0 Å². The number of benzene rings is 2. The van der Waals surface area contributed by atoms with Crippen molar-refractivity contribution in [1.82, 2.24) is 0 Å². The number of anilines is 2. The van der Waals surface area contributed by atoms with Crippen LogP contribution in [-0.2, 0) is 0 Å². The van der Waals surface area contributed by atoms with E-state index in [1.54, 1.807) is 0 Å². The van der Waals surface area contributed by atoms with Crippen molar-refractivity contribution in [3.63, 3.8) is 0 Å². The zero-order chi connectivity index (χ0) is 22.4. The van der Waals surface area contributed by atoms with E-state index in [-0.39, 0.29) is 1.43 Å². The first-order valence-corrected chi connectivity index (χ1v) is 13.5. The lowest BCUT2D eigenvalue weighted by molar-refractivity contribution is 0.282. The van der Waals surface area contributed by atoms with Gasteiger partial charge in [0.1, 0.15) is 0 Å². The van der Waals surface area contributed by atoms with Gasteiger partial charge in [-0.2, -0.15) is 0 Å². The maximum atomic E-state index is 3.42. The first-order valence-electron chi connectivity index (χ1n) is 12.7. The predicted molar refractivity (Wildman–Crippen MR) is 143 cm³/mol. The van der Waals surface area contributed by atoms with Crippen molar-refractivity contribution in [3.8, 4) is 0 Å². The molecule has 0 bridgehead atoms. The van der Waals surface area contributed by atoms with Crippen molar-refractivity contribution in [1.29, 1.82) is 0 Å². The predicted octanol–water partition coefficient (Wildman–Crippen LogP) is 10.9. The minimum atomic E-state index is 0. The fourth-order valence-electron chi connectivity index (χ4n) is 4.12. The Morgan fingerprint density at radius 2 is 1.06 bits per heavy atom. The number of fused-ring (bicyclic) bond motifs is 2. The summed E-state index contributed by atoms with van der Waals surface area (Å²) in [5.74, 6) is 0. The molecular formula is C29H47NS. The molecule has 1 N–H and O–H groups in total. The Bertz CT molecular complexity index is 656. The van der Waals surface area contributed by atoms with E-state index in [1.165, 1.54) is 98.2 Å². The minimum Gasteiger partial charge on any atom is -0.354 e. The van der Waals surface area contributed by atoms with Gasteiger partial charge in [-0.25, -0.2) is 0 Å². The van der Waals surface area contributed by atoms with E-state index in [2.05, 4.69) is 81.5 Å². The van der Waals surface area contributed by atoms with Crippen LogP contribution in [0.15, 0.2) is 58.3 Å². The van der Waals surface area contributed by atoms with E-state index in [4.69, 9.17) is 0 Å². The molecule has 31 heavy (non-hydrogen) atoms. The van der Waals surface area contributed by atoms with Gasteiger partial charge < -0.3 is 5.32 Å². The highest BCUT2D eigenvalue weighted by Gasteiger charge is 2.16. The topological polar surface area (TPSA) is 12.0 Å². The van der Waals surface area contributed by atoms with E-state index in [1.807, 2.05) is 11.8 Å². The Morgan fingerprint density at radius 1 is 0.645 bits per heavy atom. The molecule has 0 amide bonds. The summed E-state index contributed by atoms with van der Waals surface area (Å²) in [6, 6.07) is 16.8. The average molecular weight is 442 g/mol. The molecule has 3 rings (SSSR count). The van der Waals surface area contributed by atoms with E-state index < -0.39 is 0 Å². The molecule has 1 nitrogen and oxygen atoms in total. The van der Waals surface area contributed by atoms with Gasteiger partial charge in [-0.05, 0) is 42.5 Å². The monoisotopic (exact) mass is 441 g/mol. The SMILES string of the molecule is CCCCCCCCC(C)(C)CCCCCC.[HH].c1ccc2c(c1)Nc1ccccc1S2. The lowest BCUT2D eigenvalue weighted by Crippen LogP contribution is -2.10. The lowest BCUT2D eigenvalue weighted by Gasteiger charge is -2.24. The number of rotatable bonds is 12. The Kier molecular flexibility index (Phi) is 12.2.